The highest BCUT2D eigenvalue weighted by Crippen LogP contribution is 2.30. The number of rotatable bonds is 2. The third-order valence-electron chi connectivity index (χ3n) is 4.13. The minimum Gasteiger partial charge on any atom is -0.313 e. The highest BCUT2D eigenvalue weighted by molar-refractivity contribution is 5.42. The number of benzene rings is 1. The van der Waals surface area contributed by atoms with E-state index >= 15 is 0 Å². The van der Waals surface area contributed by atoms with E-state index < -0.39 is 0 Å². The van der Waals surface area contributed by atoms with Crippen molar-refractivity contribution in [2.75, 3.05) is 7.05 Å². The SMILES string of the molecule is CNC1CCCCc2c1cnn2-c1ccccc1C. The molecule has 1 atom stereocenters. The molecule has 1 aliphatic carbocycles. The molecule has 0 saturated heterocycles. The lowest BCUT2D eigenvalue weighted by Crippen LogP contribution is -2.16. The molecular weight excluding hydrogens is 234 g/mol. The van der Waals surface area contributed by atoms with E-state index in [1.807, 2.05) is 13.2 Å². The number of nitrogens with one attached hydrogen (secondary N) is 1. The van der Waals surface area contributed by atoms with Crippen LogP contribution in [-0.4, -0.2) is 16.8 Å². The van der Waals surface area contributed by atoms with Crippen LogP contribution in [0, 0.1) is 6.92 Å². The molecule has 1 N–H and O–H groups in total. The molecule has 1 heterocycles. The van der Waals surface area contributed by atoms with Crippen LogP contribution in [0.5, 0.6) is 0 Å². The third kappa shape index (κ3) is 2.19. The predicted octanol–water partition coefficient (Wildman–Crippen LogP) is 3.17. The number of hydrogen-bond donors (Lipinski definition) is 1. The average molecular weight is 255 g/mol. The lowest BCUT2D eigenvalue weighted by molar-refractivity contribution is 0.533. The van der Waals surface area contributed by atoms with Crippen LogP contribution in [0.15, 0.2) is 30.5 Å². The lowest BCUT2D eigenvalue weighted by atomic mass is 10.1. The van der Waals surface area contributed by atoms with Crippen molar-refractivity contribution in [3.63, 3.8) is 0 Å². The summed E-state index contributed by atoms with van der Waals surface area (Å²) in [6, 6.07) is 8.92. The summed E-state index contributed by atoms with van der Waals surface area (Å²) in [7, 11) is 2.05. The number of aryl methyl sites for hydroxylation is 1. The summed E-state index contributed by atoms with van der Waals surface area (Å²) < 4.78 is 2.14. The first-order valence-electron chi connectivity index (χ1n) is 7.11. The fourth-order valence-electron chi connectivity index (χ4n) is 3.03. The molecule has 0 aliphatic heterocycles. The Morgan fingerprint density at radius 1 is 1.26 bits per heavy atom. The van der Waals surface area contributed by atoms with Gasteiger partial charge in [-0.15, -0.1) is 0 Å². The monoisotopic (exact) mass is 255 g/mol. The van der Waals surface area contributed by atoms with Crippen LogP contribution in [0.1, 0.15) is 42.1 Å². The Morgan fingerprint density at radius 2 is 2.11 bits per heavy atom. The Balaban J connectivity index is 2.10. The van der Waals surface area contributed by atoms with Crippen molar-refractivity contribution in [1.82, 2.24) is 15.1 Å². The van der Waals surface area contributed by atoms with Gasteiger partial charge in [0, 0.05) is 17.3 Å². The number of hydrogen-bond acceptors (Lipinski definition) is 2. The molecule has 1 aromatic carbocycles. The van der Waals surface area contributed by atoms with E-state index in [4.69, 9.17) is 0 Å². The molecule has 0 fully saturated rings. The van der Waals surface area contributed by atoms with Crippen molar-refractivity contribution in [2.24, 2.45) is 0 Å². The van der Waals surface area contributed by atoms with E-state index in [9.17, 15) is 0 Å². The number of para-hydroxylation sites is 1. The fourth-order valence-corrected chi connectivity index (χ4v) is 3.03. The summed E-state index contributed by atoms with van der Waals surface area (Å²) in [4.78, 5) is 0. The van der Waals surface area contributed by atoms with Crippen LogP contribution in [0.3, 0.4) is 0 Å². The molecule has 1 aromatic heterocycles. The molecule has 3 rings (SSSR count). The molecule has 0 spiro atoms. The van der Waals surface area contributed by atoms with Crippen LogP contribution in [0.4, 0.5) is 0 Å². The summed E-state index contributed by atoms with van der Waals surface area (Å²) in [6.45, 7) is 2.15. The van der Waals surface area contributed by atoms with Gasteiger partial charge in [-0.2, -0.15) is 5.10 Å². The molecular formula is C16H21N3. The van der Waals surface area contributed by atoms with Gasteiger partial charge in [0.05, 0.1) is 11.9 Å². The standard InChI is InChI=1S/C16H21N3/c1-12-7-3-5-9-15(12)19-16-10-6-4-8-14(17-2)13(16)11-18-19/h3,5,7,9,11,14,17H,4,6,8,10H2,1-2H3. The molecule has 0 bridgehead atoms. The number of nitrogens with zero attached hydrogens (tertiary/aromatic N) is 2. The van der Waals surface area contributed by atoms with Crippen LogP contribution in [-0.2, 0) is 6.42 Å². The van der Waals surface area contributed by atoms with Gasteiger partial charge in [0.1, 0.15) is 0 Å². The Labute approximate surface area is 114 Å². The normalized spacial score (nSPS) is 18.9. The van der Waals surface area contributed by atoms with E-state index in [1.54, 1.807) is 0 Å². The van der Waals surface area contributed by atoms with Crippen molar-refractivity contribution in [3.8, 4) is 5.69 Å². The Hall–Kier alpha value is -1.61. The van der Waals surface area contributed by atoms with Gasteiger partial charge in [0.25, 0.3) is 0 Å². The molecule has 1 unspecified atom stereocenters. The largest absolute Gasteiger partial charge is 0.313 e. The van der Waals surface area contributed by atoms with E-state index in [1.165, 1.54) is 41.8 Å². The first kappa shape index (κ1) is 12.4. The molecule has 1 aliphatic rings. The van der Waals surface area contributed by atoms with Crippen LogP contribution < -0.4 is 5.32 Å². The quantitative estimate of drug-likeness (QED) is 0.835. The van der Waals surface area contributed by atoms with Gasteiger partial charge >= 0.3 is 0 Å². The first-order chi connectivity index (χ1) is 9.31. The van der Waals surface area contributed by atoms with E-state index in [0.717, 1.165) is 6.42 Å². The van der Waals surface area contributed by atoms with Crippen LogP contribution >= 0.6 is 0 Å². The van der Waals surface area contributed by atoms with E-state index in [-0.39, 0.29) is 0 Å². The summed E-state index contributed by atoms with van der Waals surface area (Å²) in [5.41, 5.74) is 5.24. The topological polar surface area (TPSA) is 29.9 Å². The minimum atomic E-state index is 0.454. The second-order valence-electron chi connectivity index (χ2n) is 5.33. The lowest BCUT2D eigenvalue weighted by Gasteiger charge is -2.14. The summed E-state index contributed by atoms with van der Waals surface area (Å²) in [6.07, 6.45) is 6.93. The van der Waals surface area contributed by atoms with Crippen LogP contribution in [0.2, 0.25) is 0 Å². The van der Waals surface area contributed by atoms with Gasteiger partial charge in [0.15, 0.2) is 0 Å². The van der Waals surface area contributed by atoms with Gasteiger partial charge in [-0.1, -0.05) is 24.6 Å². The van der Waals surface area contributed by atoms with Gasteiger partial charge in [-0.25, -0.2) is 4.68 Å². The molecule has 3 heteroatoms. The van der Waals surface area contributed by atoms with Gasteiger partial charge in [0.2, 0.25) is 0 Å². The predicted molar refractivity (Wildman–Crippen MR) is 77.7 cm³/mol. The van der Waals surface area contributed by atoms with Crippen molar-refractivity contribution in [2.45, 2.75) is 38.6 Å². The number of aromatic nitrogens is 2. The van der Waals surface area contributed by atoms with Gasteiger partial charge in [-0.3, -0.25) is 0 Å². The highest BCUT2D eigenvalue weighted by atomic mass is 15.3. The van der Waals surface area contributed by atoms with Crippen molar-refractivity contribution >= 4 is 0 Å². The zero-order chi connectivity index (χ0) is 13.2. The van der Waals surface area contributed by atoms with E-state index in [2.05, 4.69) is 46.3 Å². The summed E-state index contributed by atoms with van der Waals surface area (Å²) >= 11 is 0. The maximum atomic E-state index is 4.65. The van der Waals surface area contributed by atoms with E-state index in [0.29, 0.717) is 6.04 Å². The molecule has 0 radical (unpaired) electrons. The second kappa shape index (κ2) is 5.17. The molecule has 19 heavy (non-hydrogen) atoms. The minimum absolute atomic E-state index is 0.454. The maximum Gasteiger partial charge on any atom is 0.0678 e. The van der Waals surface area contributed by atoms with Gasteiger partial charge < -0.3 is 5.32 Å². The maximum absolute atomic E-state index is 4.65. The van der Waals surface area contributed by atoms with Crippen molar-refractivity contribution in [1.29, 1.82) is 0 Å². The highest BCUT2D eigenvalue weighted by Gasteiger charge is 2.22. The zero-order valence-corrected chi connectivity index (χ0v) is 11.7. The molecule has 3 nitrogen and oxygen atoms in total. The zero-order valence-electron chi connectivity index (χ0n) is 11.7. The number of fused-ring (bicyclic) bond motifs is 1. The van der Waals surface area contributed by atoms with Crippen molar-refractivity contribution < 1.29 is 0 Å². The molecule has 0 saturated carbocycles. The average Bonchev–Trinajstić information content (AvgIpc) is 2.73. The third-order valence-corrected chi connectivity index (χ3v) is 4.13. The summed E-state index contributed by atoms with van der Waals surface area (Å²) in [5.74, 6) is 0. The smallest absolute Gasteiger partial charge is 0.0678 e. The van der Waals surface area contributed by atoms with Crippen LogP contribution in [0.25, 0.3) is 5.69 Å². The Bertz CT molecular complexity index is 571. The molecule has 2 aromatic rings. The first-order valence-corrected chi connectivity index (χ1v) is 7.11. The fraction of sp³-hybridized carbons (Fsp3) is 0.438. The van der Waals surface area contributed by atoms with Gasteiger partial charge in [-0.05, 0) is 44.9 Å². The summed E-state index contributed by atoms with van der Waals surface area (Å²) in [5, 5.41) is 8.07. The Kier molecular flexibility index (Phi) is 3.38. The van der Waals surface area contributed by atoms with Crippen molar-refractivity contribution in [3.05, 3.63) is 47.3 Å². The molecule has 100 valence electrons. The Morgan fingerprint density at radius 3 is 2.89 bits per heavy atom. The molecule has 0 amide bonds. The second-order valence-corrected chi connectivity index (χ2v) is 5.33.